The summed E-state index contributed by atoms with van der Waals surface area (Å²) in [6.07, 6.45) is 4.45. The van der Waals surface area contributed by atoms with E-state index in [4.69, 9.17) is 20.4 Å². The number of nitrogens with one attached hydrogen (secondary N) is 1. The van der Waals surface area contributed by atoms with Gasteiger partial charge in [-0.3, -0.25) is 5.41 Å². The van der Waals surface area contributed by atoms with Crippen molar-refractivity contribution in [3.05, 3.63) is 77.7 Å². The zero-order chi connectivity index (χ0) is 25.2. The second-order valence-electron chi connectivity index (χ2n) is 8.87. The summed E-state index contributed by atoms with van der Waals surface area (Å²) in [4.78, 5) is 4.63. The summed E-state index contributed by atoms with van der Waals surface area (Å²) in [5, 5.41) is 12.7. The largest absolute Gasteiger partial charge is 0.489 e. The fourth-order valence-electron chi connectivity index (χ4n) is 3.75. The minimum Gasteiger partial charge on any atom is -0.489 e. The monoisotopic (exact) mass is 472 g/mol. The Morgan fingerprint density at radius 2 is 1.74 bits per heavy atom. The number of nitrogens with zero attached hydrogens (tertiary/aromatic N) is 2. The van der Waals surface area contributed by atoms with E-state index in [1.807, 2.05) is 12.1 Å². The van der Waals surface area contributed by atoms with Gasteiger partial charge in [0.15, 0.2) is 0 Å². The quantitative estimate of drug-likeness (QED) is 0.197. The first kappa shape index (κ1) is 25.9. The van der Waals surface area contributed by atoms with Crippen molar-refractivity contribution in [2.75, 3.05) is 0 Å². The second kappa shape index (κ2) is 12.7. The molecule has 0 saturated carbocycles. The molecule has 0 saturated heterocycles. The molecule has 0 radical (unpaired) electrons. The summed E-state index contributed by atoms with van der Waals surface area (Å²) in [5.74, 6) is 2.70. The molecule has 6 heteroatoms. The molecule has 0 aliphatic rings. The number of benzene rings is 3. The zero-order valence-electron chi connectivity index (χ0n) is 21.2. The molecule has 184 valence electrons. The van der Waals surface area contributed by atoms with Gasteiger partial charge in [0.05, 0.1) is 5.84 Å². The van der Waals surface area contributed by atoms with Crippen molar-refractivity contribution in [1.29, 1.82) is 5.41 Å². The molecular weight excluding hydrogens is 436 g/mol. The second-order valence-corrected chi connectivity index (χ2v) is 8.87. The van der Waals surface area contributed by atoms with E-state index in [1.165, 1.54) is 30.9 Å². The van der Waals surface area contributed by atoms with Crippen LogP contribution in [0.3, 0.4) is 0 Å². The SMILES string of the molecule is CC(=N)N.CCCC[C@H](C)c1nc(-c2ccc3cc(OCc4cccc(CC)c4)ccc3c2)no1. The van der Waals surface area contributed by atoms with Crippen LogP contribution >= 0.6 is 0 Å². The van der Waals surface area contributed by atoms with E-state index in [-0.39, 0.29) is 5.84 Å². The van der Waals surface area contributed by atoms with Gasteiger partial charge in [0, 0.05) is 11.5 Å². The third kappa shape index (κ3) is 7.67. The van der Waals surface area contributed by atoms with Gasteiger partial charge in [-0.2, -0.15) is 4.98 Å². The van der Waals surface area contributed by atoms with Crippen molar-refractivity contribution in [2.45, 2.75) is 65.9 Å². The van der Waals surface area contributed by atoms with Gasteiger partial charge in [-0.05, 0) is 59.9 Å². The Morgan fingerprint density at radius 1 is 1.03 bits per heavy atom. The standard InChI is InChI=1S/C27H30N2O2.C2H6N2/c1-4-6-8-19(3)27-28-26(29-31-27)24-12-11-23-17-25(14-13-22(23)16-24)30-18-21-10-7-9-20(5-2)15-21;1-2(3)4/h7,9-17,19H,4-6,8,18H2,1-3H3;1H3,(H3,3,4)/t19-;/m0./s1. The normalized spacial score (nSPS) is 11.5. The van der Waals surface area contributed by atoms with Gasteiger partial charge in [0.2, 0.25) is 11.7 Å². The summed E-state index contributed by atoms with van der Waals surface area (Å²) in [6.45, 7) is 8.61. The lowest BCUT2D eigenvalue weighted by Crippen LogP contribution is -2.00. The van der Waals surface area contributed by atoms with Gasteiger partial charge in [-0.25, -0.2) is 0 Å². The lowest BCUT2D eigenvalue weighted by atomic mass is 10.0. The summed E-state index contributed by atoms with van der Waals surface area (Å²) < 4.78 is 11.6. The van der Waals surface area contributed by atoms with E-state index >= 15 is 0 Å². The van der Waals surface area contributed by atoms with Crippen LogP contribution < -0.4 is 10.5 Å². The smallest absolute Gasteiger partial charge is 0.229 e. The van der Waals surface area contributed by atoms with E-state index in [2.05, 4.69) is 79.4 Å². The van der Waals surface area contributed by atoms with Gasteiger partial charge in [0.1, 0.15) is 12.4 Å². The molecule has 3 aromatic carbocycles. The topological polar surface area (TPSA) is 98.0 Å². The average Bonchev–Trinajstić information content (AvgIpc) is 3.36. The van der Waals surface area contributed by atoms with Crippen LogP contribution in [0.5, 0.6) is 5.75 Å². The van der Waals surface area contributed by atoms with Crippen molar-refractivity contribution in [3.8, 4) is 17.1 Å². The number of aryl methyl sites for hydroxylation is 1. The van der Waals surface area contributed by atoms with Gasteiger partial charge in [0.25, 0.3) is 0 Å². The van der Waals surface area contributed by atoms with Crippen LogP contribution in [0.2, 0.25) is 0 Å². The summed E-state index contributed by atoms with van der Waals surface area (Å²) in [7, 11) is 0. The number of nitrogens with two attached hydrogens (primary N) is 1. The van der Waals surface area contributed by atoms with Crippen LogP contribution in [0.15, 0.2) is 65.2 Å². The van der Waals surface area contributed by atoms with E-state index in [0.29, 0.717) is 18.3 Å². The molecular formula is C29H36N4O2. The van der Waals surface area contributed by atoms with Crippen LogP contribution in [0, 0.1) is 5.41 Å². The highest BCUT2D eigenvalue weighted by Gasteiger charge is 2.15. The number of hydrogen-bond acceptors (Lipinski definition) is 5. The van der Waals surface area contributed by atoms with E-state index in [9.17, 15) is 0 Å². The van der Waals surface area contributed by atoms with E-state index < -0.39 is 0 Å². The summed E-state index contributed by atoms with van der Waals surface area (Å²) in [5.41, 5.74) is 8.18. The molecule has 0 aliphatic carbocycles. The molecule has 1 aromatic heterocycles. The van der Waals surface area contributed by atoms with Crippen LogP contribution in [-0.4, -0.2) is 16.0 Å². The van der Waals surface area contributed by atoms with Crippen LogP contribution in [0.4, 0.5) is 0 Å². The first-order chi connectivity index (χ1) is 16.9. The molecule has 0 spiro atoms. The molecule has 0 fully saturated rings. The predicted octanol–water partition coefficient (Wildman–Crippen LogP) is 7.27. The Balaban J connectivity index is 0.000000795. The molecule has 0 unspecified atom stereocenters. The Kier molecular flexibility index (Phi) is 9.41. The summed E-state index contributed by atoms with van der Waals surface area (Å²) >= 11 is 0. The zero-order valence-corrected chi connectivity index (χ0v) is 21.2. The average molecular weight is 473 g/mol. The number of hydrogen-bond donors (Lipinski definition) is 2. The predicted molar refractivity (Wildman–Crippen MR) is 143 cm³/mol. The number of fused-ring (bicyclic) bond motifs is 1. The molecule has 1 atom stereocenters. The lowest BCUT2D eigenvalue weighted by molar-refractivity contribution is 0.306. The molecule has 0 amide bonds. The highest BCUT2D eigenvalue weighted by Crippen LogP contribution is 2.28. The van der Waals surface area contributed by atoms with Crippen molar-refractivity contribution in [2.24, 2.45) is 5.73 Å². The molecule has 4 aromatic rings. The number of aromatic nitrogens is 2. The maximum atomic E-state index is 6.28. The third-order valence-electron chi connectivity index (χ3n) is 5.73. The molecule has 0 bridgehead atoms. The first-order valence-electron chi connectivity index (χ1n) is 12.3. The van der Waals surface area contributed by atoms with Crippen molar-refractivity contribution < 1.29 is 9.26 Å². The molecule has 1 heterocycles. The minimum atomic E-state index is 0.167. The fraction of sp³-hybridized carbons (Fsp3) is 0.345. The van der Waals surface area contributed by atoms with Crippen LogP contribution in [-0.2, 0) is 13.0 Å². The number of unbranched alkanes of at least 4 members (excludes halogenated alkanes) is 1. The Hall–Kier alpha value is -3.67. The van der Waals surface area contributed by atoms with Crippen molar-refractivity contribution in [3.63, 3.8) is 0 Å². The van der Waals surface area contributed by atoms with Crippen molar-refractivity contribution in [1.82, 2.24) is 10.1 Å². The number of rotatable bonds is 9. The first-order valence-corrected chi connectivity index (χ1v) is 12.3. The Labute approximate surface area is 208 Å². The molecule has 0 aliphatic heterocycles. The summed E-state index contributed by atoms with van der Waals surface area (Å²) in [6, 6.07) is 21.0. The fourth-order valence-corrected chi connectivity index (χ4v) is 3.75. The van der Waals surface area contributed by atoms with Gasteiger partial charge >= 0.3 is 0 Å². The van der Waals surface area contributed by atoms with Crippen molar-refractivity contribution >= 4 is 16.6 Å². The molecule has 4 rings (SSSR count). The van der Waals surface area contributed by atoms with Gasteiger partial charge < -0.3 is 15.0 Å². The number of amidine groups is 1. The maximum absolute atomic E-state index is 6.28. The molecule has 6 nitrogen and oxygen atoms in total. The molecule has 3 N–H and O–H groups in total. The molecule has 35 heavy (non-hydrogen) atoms. The van der Waals surface area contributed by atoms with E-state index in [1.54, 1.807) is 0 Å². The van der Waals surface area contributed by atoms with Crippen LogP contribution in [0.1, 0.15) is 69.9 Å². The highest BCUT2D eigenvalue weighted by atomic mass is 16.5. The lowest BCUT2D eigenvalue weighted by Gasteiger charge is -2.09. The Morgan fingerprint density at radius 3 is 2.49 bits per heavy atom. The van der Waals surface area contributed by atoms with Crippen LogP contribution in [0.25, 0.3) is 22.2 Å². The Bertz CT molecular complexity index is 1240. The third-order valence-corrected chi connectivity index (χ3v) is 5.73. The number of ether oxygens (including phenoxy) is 1. The van der Waals surface area contributed by atoms with Gasteiger partial charge in [-0.15, -0.1) is 0 Å². The maximum Gasteiger partial charge on any atom is 0.229 e. The van der Waals surface area contributed by atoms with Gasteiger partial charge in [-0.1, -0.05) is 81.2 Å². The highest BCUT2D eigenvalue weighted by molar-refractivity contribution is 5.87. The minimum absolute atomic E-state index is 0.167. The van der Waals surface area contributed by atoms with E-state index in [0.717, 1.165) is 40.8 Å².